The third kappa shape index (κ3) is 5.51. The Kier molecular flexibility index (Phi) is 6.47. The van der Waals surface area contributed by atoms with E-state index in [9.17, 15) is 0 Å². The average Bonchev–Trinajstić information content (AvgIpc) is 3.81. The van der Waals surface area contributed by atoms with E-state index in [1.54, 1.807) is 0 Å². The van der Waals surface area contributed by atoms with E-state index < -0.39 is 0 Å². The summed E-state index contributed by atoms with van der Waals surface area (Å²) in [6.45, 7) is 0. The molecule has 0 spiro atoms. The molecule has 13 heteroatoms. The molecule has 0 fully saturated rings. The first-order valence-electron chi connectivity index (χ1n) is 13.0. The van der Waals surface area contributed by atoms with Crippen LogP contribution in [0.25, 0.3) is 34.2 Å². The van der Waals surface area contributed by atoms with Gasteiger partial charge in [0.1, 0.15) is 11.6 Å². The maximum Gasteiger partial charge on any atom is 0.224 e. The summed E-state index contributed by atoms with van der Waals surface area (Å²) in [6.07, 6.45) is 0. The number of pyridine rings is 1. The summed E-state index contributed by atoms with van der Waals surface area (Å²) < 4.78 is 0. The highest BCUT2D eigenvalue weighted by Gasteiger charge is 2.12. The fourth-order valence-electron chi connectivity index (χ4n) is 4.21. The van der Waals surface area contributed by atoms with E-state index in [4.69, 9.17) is 4.98 Å². The van der Waals surface area contributed by atoms with Crippen LogP contribution in [-0.2, 0) is 0 Å². The van der Waals surface area contributed by atoms with Crippen LogP contribution in [0.4, 0.5) is 35.2 Å². The van der Waals surface area contributed by atoms with Gasteiger partial charge in [-0.25, -0.2) is 20.3 Å². The molecule has 0 radical (unpaired) electrons. The van der Waals surface area contributed by atoms with Crippen LogP contribution in [-0.4, -0.2) is 50.5 Å². The van der Waals surface area contributed by atoms with E-state index in [0.29, 0.717) is 52.6 Å². The molecular weight excluding hydrogens is 530 g/mol. The molecule has 0 aliphatic rings. The molecule has 42 heavy (non-hydrogen) atoms. The standard InChI is InChI=1S/C29H23N13/c1-4-10-18(11-5-1)24-34-27(40-37-24)30-21-16-22(32-28-35-25(38-41-28)19-12-6-2-7-13-19)31-23(17-21)33-29-36-26(39-42-29)20-14-8-3-9-15-20/h1-17H,(H6,30,31,32,33,34,35,36,37,38,39,40,41,42). The maximum absolute atomic E-state index is 4.70. The number of rotatable bonds is 9. The minimum Gasteiger partial charge on any atom is -0.324 e. The number of nitrogens with zero attached hydrogens (tertiary/aromatic N) is 7. The topological polar surface area (TPSA) is 174 Å². The van der Waals surface area contributed by atoms with Gasteiger partial charge in [0.25, 0.3) is 0 Å². The first kappa shape index (κ1) is 24.7. The summed E-state index contributed by atoms with van der Waals surface area (Å²) in [5.74, 6) is 4.02. The van der Waals surface area contributed by atoms with Gasteiger partial charge in [0.05, 0.1) is 0 Å². The Morgan fingerprint density at radius 3 is 1.14 bits per heavy atom. The van der Waals surface area contributed by atoms with Crippen LogP contribution in [0.5, 0.6) is 0 Å². The number of aromatic amines is 3. The first-order valence-corrected chi connectivity index (χ1v) is 13.0. The van der Waals surface area contributed by atoms with Crippen molar-refractivity contribution in [3.63, 3.8) is 0 Å². The molecule has 0 saturated carbocycles. The second-order valence-corrected chi connectivity index (χ2v) is 9.12. The number of hydrogen-bond acceptors (Lipinski definition) is 10. The Labute approximate surface area is 238 Å². The zero-order valence-corrected chi connectivity index (χ0v) is 21.9. The van der Waals surface area contributed by atoms with Gasteiger partial charge in [-0.2, -0.15) is 30.2 Å². The van der Waals surface area contributed by atoms with E-state index in [-0.39, 0.29) is 0 Å². The molecule has 0 atom stereocenters. The number of H-pyrrole nitrogens is 3. The van der Waals surface area contributed by atoms with Gasteiger partial charge in [0, 0.05) is 34.5 Å². The highest BCUT2D eigenvalue weighted by molar-refractivity contribution is 5.69. The van der Waals surface area contributed by atoms with Crippen molar-refractivity contribution in [2.75, 3.05) is 16.0 Å². The fraction of sp³-hybridized carbons (Fsp3) is 0. The Bertz CT molecular complexity index is 1680. The highest BCUT2D eigenvalue weighted by atomic mass is 15.3. The second-order valence-electron chi connectivity index (χ2n) is 9.12. The van der Waals surface area contributed by atoms with Crippen molar-refractivity contribution in [1.82, 2.24) is 50.5 Å². The maximum atomic E-state index is 4.70. The van der Waals surface area contributed by atoms with Gasteiger partial charge in [0.2, 0.25) is 17.8 Å². The lowest BCUT2D eigenvalue weighted by molar-refractivity contribution is 1.09. The molecule has 7 rings (SSSR count). The highest BCUT2D eigenvalue weighted by Crippen LogP contribution is 2.26. The molecule has 0 aliphatic carbocycles. The third-order valence-corrected chi connectivity index (χ3v) is 6.13. The van der Waals surface area contributed by atoms with E-state index in [2.05, 4.69) is 61.5 Å². The van der Waals surface area contributed by atoms with Gasteiger partial charge in [-0.3, -0.25) is 0 Å². The minimum atomic E-state index is 0.432. The van der Waals surface area contributed by atoms with Crippen molar-refractivity contribution in [2.24, 2.45) is 0 Å². The lowest BCUT2D eigenvalue weighted by atomic mass is 10.2. The molecule has 0 aliphatic heterocycles. The lowest BCUT2D eigenvalue weighted by Gasteiger charge is -2.10. The van der Waals surface area contributed by atoms with Crippen molar-refractivity contribution in [3.8, 4) is 34.2 Å². The summed E-state index contributed by atoms with van der Waals surface area (Å²) in [4.78, 5) is 18.4. The van der Waals surface area contributed by atoms with Crippen molar-refractivity contribution < 1.29 is 0 Å². The van der Waals surface area contributed by atoms with Crippen molar-refractivity contribution in [2.45, 2.75) is 0 Å². The summed E-state index contributed by atoms with van der Waals surface area (Å²) in [5.41, 5.74) is 3.37. The molecule has 0 saturated heterocycles. The number of aromatic nitrogens is 10. The van der Waals surface area contributed by atoms with Gasteiger partial charge < -0.3 is 16.0 Å². The van der Waals surface area contributed by atoms with Crippen LogP contribution in [0.15, 0.2) is 103 Å². The molecule has 0 unspecified atom stereocenters. The van der Waals surface area contributed by atoms with Gasteiger partial charge in [0.15, 0.2) is 17.5 Å². The molecule has 204 valence electrons. The van der Waals surface area contributed by atoms with Crippen LogP contribution in [0.1, 0.15) is 0 Å². The molecule has 4 aromatic heterocycles. The Balaban J connectivity index is 1.17. The molecular formula is C29H23N13. The Hall–Kier alpha value is -6.37. The SMILES string of the molecule is c1ccc(-c2n[nH]c(Nc3cc(Nc4nc(-c5ccccc5)n[nH]4)nc(Nc4nc(-c5ccccc5)n[nH]4)c3)n2)cc1. The van der Waals surface area contributed by atoms with Crippen molar-refractivity contribution in [1.29, 1.82) is 0 Å². The largest absolute Gasteiger partial charge is 0.324 e. The van der Waals surface area contributed by atoms with E-state index in [0.717, 1.165) is 16.7 Å². The predicted molar refractivity (Wildman–Crippen MR) is 160 cm³/mol. The van der Waals surface area contributed by atoms with Crippen LogP contribution in [0.3, 0.4) is 0 Å². The quantitative estimate of drug-likeness (QED) is 0.131. The Morgan fingerprint density at radius 2 is 0.762 bits per heavy atom. The van der Waals surface area contributed by atoms with Crippen molar-refractivity contribution >= 4 is 35.2 Å². The van der Waals surface area contributed by atoms with Gasteiger partial charge in [-0.05, 0) is 0 Å². The fourth-order valence-corrected chi connectivity index (χ4v) is 4.21. The van der Waals surface area contributed by atoms with E-state index >= 15 is 0 Å². The number of anilines is 6. The zero-order chi connectivity index (χ0) is 28.1. The van der Waals surface area contributed by atoms with Crippen LogP contribution in [0.2, 0.25) is 0 Å². The number of benzene rings is 3. The smallest absolute Gasteiger partial charge is 0.224 e. The van der Waals surface area contributed by atoms with Crippen LogP contribution >= 0.6 is 0 Å². The minimum absolute atomic E-state index is 0.432. The van der Waals surface area contributed by atoms with Crippen molar-refractivity contribution in [3.05, 3.63) is 103 Å². The molecule has 6 N–H and O–H groups in total. The van der Waals surface area contributed by atoms with Gasteiger partial charge in [-0.1, -0.05) is 91.0 Å². The van der Waals surface area contributed by atoms with E-state index in [1.807, 2.05) is 103 Å². The Morgan fingerprint density at radius 1 is 0.405 bits per heavy atom. The van der Waals surface area contributed by atoms with Crippen LogP contribution < -0.4 is 16.0 Å². The monoisotopic (exact) mass is 553 g/mol. The average molecular weight is 554 g/mol. The summed E-state index contributed by atoms with van der Waals surface area (Å²) >= 11 is 0. The molecule has 4 heterocycles. The molecule has 0 amide bonds. The normalized spacial score (nSPS) is 10.9. The van der Waals surface area contributed by atoms with Gasteiger partial charge >= 0.3 is 0 Å². The number of hydrogen-bond donors (Lipinski definition) is 6. The molecule has 7 aromatic rings. The predicted octanol–water partition coefficient (Wildman–Crippen LogP) is 5.67. The lowest BCUT2D eigenvalue weighted by Crippen LogP contribution is -2.03. The zero-order valence-electron chi connectivity index (χ0n) is 21.9. The van der Waals surface area contributed by atoms with E-state index in [1.165, 1.54) is 0 Å². The molecule has 13 nitrogen and oxygen atoms in total. The van der Waals surface area contributed by atoms with Gasteiger partial charge in [-0.15, -0.1) is 0 Å². The first-order chi connectivity index (χ1) is 20.7. The molecule has 3 aromatic carbocycles. The molecule has 0 bridgehead atoms. The summed E-state index contributed by atoms with van der Waals surface area (Å²) in [7, 11) is 0. The second kappa shape index (κ2) is 11.0. The van der Waals surface area contributed by atoms with Crippen LogP contribution in [0, 0.1) is 0 Å². The summed E-state index contributed by atoms with van der Waals surface area (Å²) in [6, 6.07) is 32.8. The summed E-state index contributed by atoms with van der Waals surface area (Å²) in [5, 5.41) is 31.4. The number of nitrogens with one attached hydrogen (secondary N) is 6. The third-order valence-electron chi connectivity index (χ3n) is 6.13.